The topological polar surface area (TPSA) is 107 Å². The number of para-hydroxylation sites is 1. The van der Waals surface area contributed by atoms with Gasteiger partial charge in [-0.15, -0.1) is 0 Å². The van der Waals surface area contributed by atoms with Crippen molar-refractivity contribution in [2.45, 2.75) is 6.61 Å². The zero-order valence-electron chi connectivity index (χ0n) is 9.00. The molecule has 0 aliphatic carbocycles. The molecule has 0 aliphatic heterocycles. The third kappa shape index (κ3) is 2.61. The largest absolute Gasteiger partial charge is 0.438 e. The second-order valence-corrected chi connectivity index (χ2v) is 3.36. The van der Waals surface area contributed by atoms with Crippen molar-refractivity contribution in [3.05, 3.63) is 35.9 Å². The van der Waals surface area contributed by atoms with Crippen LogP contribution in [0.5, 0.6) is 11.6 Å². The molecule has 2 rings (SSSR count). The normalized spacial score (nSPS) is 10.2. The highest BCUT2D eigenvalue weighted by molar-refractivity contribution is 5.42. The predicted molar refractivity (Wildman–Crippen MR) is 63.3 cm³/mol. The van der Waals surface area contributed by atoms with Crippen LogP contribution in [0.15, 0.2) is 30.3 Å². The van der Waals surface area contributed by atoms with Crippen LogP contribution in [-0.4, -0.2) is 15.1 Å². The van der Waals surface area contributed by atoms with Crippen LogP contribution in [0.3, 0.4) is 0 Å². The van der Waals surface area contributed by atoms with Gasteiger partial charge in [-0.05, 0) is 6.07 Å². The van der Waals surface area contributed by atoms with Gasteiger partial charge in [0.15, 0.2) is 0 Å². The van der Waals surface area contributed by atoms with Crippen molar-refractivity contribution in [1.29, 1.82) is 0 Å². The molecule has 0 atom stereocenters. The molecule has 0 saturated carbocycles. The fourth-order valence-electron chi connectivity index (χ4n) is 1.36. The summed E-state index contributed by atoms with van der Waals surface area (Å²) in [5.74, 6) is 1.03. The van der Waals surface area contributed by atoms with Crippen molar-refractivity contribution < 1.29 is 9.84 Å². The van der Waals surface area contributed by atoms with E-state index in [0.717, 1.165) is 0 Å². The Morgan fingerprint density at radius 3 is 2.65 bits per heavy atom. The highest BCUT2D eigenvalue weighted by Gasteiger charge is 2.06. The molecule has 0 fully saturated rings. The number of nitrogen functional groups attached to an aromatic ring is 2. The number of nitrogens with two attached hydrogens (primary N) is 2. The third-order valence-corrected chi connectivity index (χ3v) is 2.10. The molecule has 6 nitrogen and oxygen atoms in total. The summed E-state index contributed by atoms with van der Waals surface area (Å²) in [6.07, 6.45) is 0. The van der Waals surface area contributed by atoms with E-state index in [1.807, 2.05) is 0 Å². The van der Waals surface area contributed by atoms with Gasteiger partial charge in [0.05, 0.1) is 6.61 Å². The van der Waals surface area contributed by atoms with Gasteiger partial charge in [0.2, 0.25) is 11.8 Å². The smallest absolute Gasteiger partial charge is 0.226 e. The molecule has 0 unspecified atom stereocenters. The molecule has 1 aromatic carbocycles. The number of rotatable bonds is 3. The first-order valence-electron chi connectivity index (χ1n) is 4.95. The Labute approximate surface area is 97.9 Å². The third-order valence-electron chi connectivity index (χ3n) is 2.10. The molecule has 1 heterocycles. The molecule has 5 N–H and O–H groups in total. The van der Waals surface area contributed by atoms with E-state index in [4.69, 9.17) is 21.3 Å². The van der Waals surface area contributed by atoms with Gasteiger partial charge in [-0.1, -0.05) is 18.2 Å². The molecule has 6 heteroatoms. The van der Waals surface area contributed by atoms with Crippen LogP contribution >= 0.6 is 0 Å². The van der Waals surface area contributed by atoms with Gasteiger partial charge in [0.1, 0.15) is 11.6 Å². The summed E-state index contributed by atoms with van der Waals surface area (Å²) in [6, 6.07) is 8.54. The van der Waals surface area contributed by atoms with Gasteiger partial charge in [-0.25, -0.2) is 0 Å². The summed E-state index contributed by atoms with van der Waals surface area (Å²) in [5, 5.41) is 9.14. The van der Waals surface area contributed by atoms with E-state index < -0.39 is 0 Å². The standard InChI is InChI=1S/C11H12N4O2/c12-9-5-10(15-11(13)14-9)17-8-4-2-1-3-7(8)6-16/h1-5,16H,6H2,(H4,12,13,14,15). The Balaban J connectivity index is 2.31. The second kappa shape index (κ2) is 4.67. The van der Waals surface area contributed by atoms with Crippen LogP contribution in [0.4, 0.5) is 11.8 Å². The van der Waals surface area contributed by atoms with E-state index in [0.29, 0.717) is 11.3 Å². The minimum absolute atomic E-state index is 0.0430. The number of nitrogens with zero attached hydrogens (tertiary/aromatic N) is 2. The Hall–Kier alpha value is -2.34. The number of aromatic nitrogens is 2. The lowest BCUT2D eigenvalue weighted by Crippen LogP contribution is -2.01. The SMILES string of the molecule is Nc1cc(Oc2ccccc2CO)nc(N)n1. The maximum absolute atomic E-state index is 9.14. The number of ether oxygens (including phenoxy) is 1. The molecule has 0 saturated heterocycles. The molecule has 0 radical (unpaired) electrons. The zero-order valence-corrected chi connectivity index (χ0v) is 9.00. The first kappa shape index (κ1) is 11.2. The summed E-state index contributed by atoms with van der Waals surface area (Å²) in [6.45, 7) is -0.119. The van der Waals surface area contributed by atoms with Crippen LogP contribution in [-0.2, 0) is 6.61 Å². The highest BCUT2D eigenvalue weighted by atomic mass is 16.5. The molecule has 1 aromatic heterocycles. The van der Waals surface area contributed by atoms with E-state index in [1.165, 1.54) is 6.07 Å². The summed E-state index contributed by atoms with van der Waals surface area (Å²) >= 11 is 0. The Morgan fingerprint density at radius 1 is 1.18 bits per heavy atom. The fourth-order valence-corrected chi connectivity index (χ4v) is 1.36. The summed E-state index contributed by atoms with van der Waals surface area (Å²) in [4.78, 5) is 7.62. The minimum atomic E-state index is -0.119. The van der Waals surface area contributed by atoms with Crippen molar-refractivity contribution in [1.82, 2.24) is 9.97 Å². The number of benzene rings is 1. The van der Waals surface area contributed by atoms with Crippen molar-refractivity contribution >= 4 is 11.8 Å². The van der Waals surface area contributed by atoms with Crippen LogP contribution in [0.1, 0.15) is 5.56 Å². The average Bonchev–Trinajstić information content (AvgIpc) is 2.28. The van der Waals surface area contributed by atoms with E-state index in [2.05, 4.69) is 9.97 Å². The number of aliphatic hydroxyl groups is 1. The van der Waals surface area contributed by atoms with Crippen LogP contribution < -0.4 is 16.2 Å². The Bertz CT molecular complexity index is 510. The van der Waals surface area contributed by atoms with E-state index in [9.17, 15) is 0 Å². The van der Waals surface area contributed by atoms with E-state index in [1.54, 1.807) is 24.3 Å². The Kier molecular flexibility index (Phi) is 3.06. The first-order chi connectivity index (χ1) is 8.19. The molecular formula is C11H12N4O2. The average molecular weight is 232 g/mol. The number of hydrogen-bond donors (Lipinski definition) is 3. The summed E-state index contributed by atoms with van der Waals surface area (Å²) in [5.41, 5.74) is 11.6. The quantitative estimate of drug-likeness (QED) is 0.726. The van der Waals surface area contributed by atoms with Crippen LogP contribution in [0.2, 0.25) is 0 Å². The van der Waals surface area contributed by atoms with Crippen LogP contribution in [0, 0.1) is 0 Å². The number of anilines is 2. The monoisotopic (exact) mass is 232 g/mol. The molecule has 0 amide bonds. The van der Waals surface area contributed by atoms with E-state index in [-0.39, 0.29) is 24.3 Å². The maximum atomic E-state index is 9.14. The van der Waals surface area contributed by atoms with Gasteiger partial charge >= 0.3 is 0 Å². The molecule has 88 valence electrons. The second-order valence-electron chi connectivity index (χ2n) is 3.36. The molecular weight excluding hydrogens is 220 g/mol. The van der Waals surface area contributed by atoms with Gasteiger partial charge in [0.25, 0.3) is 0 Å². The van der Waals surface area contributed by atoms with Crippen molar-refractivity contribution in [2.24, 2.45) is 0 Å². The summed E-state index contributed by atoms with van der Waals surface area (Å²) < 4.78 is 5.49. The minimum Gasteiger partial charge on any atom is -0.438 e. The Morgan fingerprint density at radius 2 is 1.94 bits per heavy atom. The highest BCUT2D eigenvalue weighted by Crippen LogP contribution is 2.24. The summed E-state index contributed by atoms with van der Waals surface area (Å²) in [7, 11) is 0. The van der Waals surface area contributed by atoms with Gasteiger partial charge in [-0.3, -0.25) is 0 Å². The van der Waals surface area contributed by atoms with Gasteiger partial charge in [0, 0.05) is 11.6 Å². The van der Waals surface area contributed by atoms with Crippen molar-refractivity contribution in [3.8, 4) is 11.6 Å². The van der Waals surface area contributed by atoms with Gasteiger partial charge in [-0.2, -0.15) is 9.97 Å². The molecule has 0 aliphatic rings. The molecule has 17 heavy (non-hydrogen) atoms. The zero-order chi connectivity index (χ0) is 12.3. The fraction of sp³-hybridized carbons (Fsp3) is 0.0909. The van der Waals surface area contributed by atoms with Crippen molar-refractivity contribution in [2.75, 3.05) is 11.5 Å². The molecule has 0 spiro atoms. The first-order valence-corrected chi connectivity index (χ1v) is 4.95. The van der Waals surface area contributed by atoms with Gasteiger partial charge < -0.3 is 21.3 Å². The predicted octanol–water partition coefficient (Wildman–Crippen LogP) is 0.926. The van der Waals surface area contributed by atoms with Crippen LogP contribution in [0.25, 0.3) is 0 Å². The molecule has 2 aromatic rings. The maximum Gasteiger partial charge on any atom is 0.226 e. The lowest BCUT2D eigenvalue weighted by Gasteiger charge is -2.09. The van der Waals surface area contributed by atoms with E-state index >= 15 is 0 Å². The van der Waals surface area contributed by atoms with Crippen molar-refractivity contribution in [3.63, 3.8) is 0 Å². The lowest BCUT2D eigenvalue weighted by molar-refractivity contribution is 0.276. The lowest BCUT2D eigenvalue weighted by atomic mass is 10.2. The number of aliphatic hydroxyl groups excluding tert-OH is 1. The molecule has 0 bridgehead atoms. The number of hydrogen-bond acceptors (Lipinski definition) is 6.